The lowest BCUT2D eigenvalue weighted by atomic mass is 10.1. The highest BCUT2D eigenvalue weighted by atomic mass is 16.5. The van der Waals surface area contributed by atoms with E-state index in [4.69, 9.17) is 20.7 Å². The third-order valence-electron chi connectivity index (χ3n) is 5.10. The van der Waals surface area contributed by atoms with Crippen molar-refractivity contribution in [2.45, 2.75) is 25.4 Å². The normalized spacial score (nSPS) is 17.1. The molecule has 0 unspecified atom stereocenters. The van der Waals surface area contributed by atoms with Gasteiger partial charge in [0.05, 0.1) is 36.3 Å². The molecule has 1 fully saturated rings. The van der Waals surface area contributed by atoms with Crippen LogP contribution in [0.4, 0.5) is 5.95 Å². The maximum Gasteiger partial charge on any atom is 0.206 e. The second kappa shape index (κ2) is 7.29. The highest BCUT2D eigenvalue weighted by Gasteiger charge is 2.23. The van der Waals surface area contributed by atoms with Crippen molar-refractivity contribution in [3.63, 3.8) is 0 Å². The Kier molecular flexibility index (Phi) is 4.69. The van der Waals surface area contributed by atoms with Crippen LogP contribution in [0.3, 0.4) is 0 Å². The average Bonchev–Trinajstić information content (AvgIpc) is 3.06. The molecular weight excluding hydrogens is 338 g/mol. The van der Waals surface area contributed by atoms with E-state index in [1.807, 2.05) is 42.5 Å². The SMILES string of the molecule is COc1ccc2nc(N3CCC[C@@H](N)C3)n(Cc3ccc(C#N)cc3)c2c1. The topological polar surface area (TPSA) is 80.1 Å². The molecule has 6 heteroatoms. The van der Waals surface area contributed by atoms with Crippen LogP contribution in [0, 0.1) is 11.3 Å². The van der Waals surface area contributed by atoms with E-state index in [0.29, 0.717) is 12.1 Å². The highest BCUT2D eigenvalue weighted by Crippen LogP contribution is 2.29. The number of rotatable bonds is 4. The second-order valence-electron chi connectivity index (χ2n) is 7.01. The Morgan fingerprint density at radius 2 is 2.07 bits per heavy atom. The van der Waals surface area contributed by atoms with Crippen molar-refractivity contribution in [2.75, 3.05) is 25.1 Å². The largest absolute Gasteiger partial charge is 0.497 e. The first-order valence-electron chi connectivity index (χ1n) is 9.22. The van der Waals surface area contributed by atoms with Gasteiger partial charge in [-0.1, -0.05) is 12.1 Å². The summed E-state index contributed by atoms with van der Waals surface area (Å²) >= 11 is 0. The van der Waals surface area contributed by atoms with Crippen LogP contribution in [-0.2, 0) is 6.54 Å². The standard InChI is InChI=1S/C21H23N5O/c1-27-18-8-9-19-20(11-18)26(13-16-6-4-15(12-22)5-7-16)21(24-19)25-10-2-3-17(23)14-25/h4-9,11,17H,2-3,10,13-14,23H2,1H3/t17-/m1/s1. The summed E-state index contributed by atoms with van der Waals surface area (Å²) in [5.74, 6) is 1.75. The molecule has 1 aromatic heterocycles. The van der Waals surface area contributed by atoms with E-state index in [1.165, 1.54) is 0 Å². The predicted molar refractivity (Wildman–Crippen MR) is 106 cm³/mol. The number of nitrogens with two attached hydrogens (primary N) is 1. The molecule has 1 atom stereocenters. The van der Waals surface area contributed by atoms with E-state index in [1.54, 1.807) is 7.11 Å². The minimum absolute atomic E-state index is 0.177. The van der Waals surface area contributed by atoms with Crippen LogP contribution in [0.25, 0.3) is 11.0 Å². The van der Waals surface area contributed by atoms with E-state index < -0.39 is 0 Å². The molecule has 0 bridgehead atoms. The Bertz CT molecular complexity index is 986. The number of imidazole rings is 1. The molecule has 4 rings (SSSR count). The van der Waals surface area contributed by atoms with Gasteiger partial charge >= 0.3 is 0 Å². The molecule has 0 saturated carbocycles. The van der Waals surface area contributed by atoms with E-state index in [0.717, 1.165) is 54.2 Å². The summed E-state index contributed by atoms with van der Waals surface area (Å²) in [6.45, 7) is 2.45. The fourth-order valence-electron chi connectivity index (χ4n) is 3.67. The number of methoxy groups -OCH3 is 1. The van der Waals surface area contributed by atoms with Crippen molar-refractivity contribution in [1.29, 1.82) is 5.26 Å². The predicted octanol–water partition coefficient (Wildman–Crippen LogP) is 2.89. The molecule has 0 amide bonds. The van der Waals surface area contributed by atoms with Gasteiger partial charge < -0.3 is 19.9 Å². The number of anilines is 1. The zero-order chi connectivity index (χ0) is 18.8. The van der Waals surface area contributed by atoms with Crippen molar-refractivity contribution < 1.29 is 4.74 Å². The Morgan fingerprint density at radius 3 is 2.78 bits per heavy atom. The Labute approximate surface area is 158 Å². The van der Waals surface area contributed by atoms with Gasteiger partial charge in [0.25, 0.3) is 0 Å². The lowest BCUT2D eigenvalue weighted by Gasteiger charge is -2.32. The number of ether oxygens (including phenoxy) is 1. The fraction of sp³-hybridized carbons (Fsp3) is 0.333. The Morgan fingerprint density at radius 1 is 1.26 bits per heavy atom. The summed E-state index contributed by atoms with van der Waals surface area (Å²) in [7, 11) is 1.67. The summed E-state index contributed by atoms with van der Waals surface area (Å²) in [5, 5.41) is 9.03. The maximum absolute atomic E-state index is 9.03. The van der Waals surface area contributed by atoms with Crippen LogP contribution in [0.15, 0.2) is 42.5 Å². The molecule has 3 aromatic rings. The maximum atomic E-state index is 9.03. The first kappa shape index (κ1) is 17.4. The van der Waals surface area contributed by atoms with Gasteiger partial charge in [-0.3, -0.25) is 0 Å². The molecule has 6 nitrogen and oxygen atoms in total. The minimum atomic E-state index is 0.177. The molecule has 2 N–H and O–H groups in total. The molecule has 0 radical (unpaired) electrons. The zero-order valence-corrected chi connectivity index (χ0v) is 15.4. The van der Waals surface area contributed by atoms with Crippen LogP contribution >= 0.6 is 0 Å². The van der Waals surface area contributed by atoms with E-state index in [2.05, 4.69) is 15.5 Å². The molecule has 1 saturated heterocycles. The van der Waals surface area contributed by atoms with Gasteiger partial charge in [-0.05, 0) is 42.7 Å². The van der Waals surface area contributed by atoms with Gasteiger partial charge in [0, 0.05) is 25.2 Å². The lowest BCUT2D eigenvalue weighted by Crippen LogP contribution is -2.44. The Balaban J connectivity index is 1.78. The Hall–Kier alpha value is -3.04. The molecule has 1 aliphatic rings. The van der Waals surface area contributed by atoms with E-state index in [9.17, 15) is 0 Å². The van der Waals surface area contributed by atoms with Gasteiger partial charge in [-0.15, -0.1) is 0 Å². The van der Waals surface area contributed by atoms with Crippen LogP contribution in [0.5, 0.6) is 5.75 Å². The third kappa shape index (κ3) is 3.46. The number of hydrogen-bond acceptors (Lipinski definition) is 5. The van der Waals surface area contributed by atoms with Crippen molar-refractivity contribution in [3.05, 3.63) is 53.6 Å². The van der Waals surface area contributed by atoms with E-state index in [-0.39, 0.29) is 6.04 Å². The molecule has 0 aliphatic carbocycles. The van der Waals surface area contributed by atoms with Gasteiger partial charge in [-0.25, -0.2) is 4.98 Å². The van der Waals surface area contributed by atoms with Crippen LogP contribution in [0.2, 0.25) is 0 Å². The molecule has 1 aliphatic heterocycles. The number of hydrogen-bond donors (Lipinski definition) is 1. The summed E-state index contributed by atoms with van der Waals surface area (Å²) < 4.78 is 7.64. The van der Waals surface area contributed by atoms with Crippen LogP contribution in [0.1, 0.15) is 24.0 Å². The number of fused-ring (bicyclic) bond motifs is 1. The van der Waals surface area contributed by atoms with Crippen LogP contribution in [-0.4, -0.2) is 35.8 Å². The smallest absolute Gasteiger partial charge is 0.206 e. The van der Waals surface area contributed by atoms with E-state index >= 15 is 0 Å². The van der Waals surface area contributed by atoms with Gasteiger partial charge in [0.1, 0.15) is 5.75 Å². The molecule has 27 heavy (non-hydrogen) atoms. The van der Waals surface area contributed by atoms with Crippen LogP contribution < -0.4 is 15.4 Å². The minimum Gasteiger partial charge on any atom is -0.497 e. The summed E-state index contributed by atoms with van der Waals surface area (Å²) in [6, 6.07) is 16.0. The zero-order valence-electron chi connectivity index (χ0n) is 15.4. The van der Waals surface area contributed by atoms with Gasteiger partial charge in [0.15, 0.2) is 0 Å². The molecule has 2 heterocycles. The molecular formula is C21H23N5O. The first-order valence-corrected chi connectivity index (χ1v) is 9.22. The molecule has 138 valence electrons. The van der Waals surface area contributed by atoms with Gasteiger partial charge in [0.2, 0.25) is 5.95 Å². The summed E-state index contributed by atoms with van der Waals surface area (Å²) in [5.41, 5.74) is 9.97. The fourth-order valence-corrected chi connectivity index (χ4v) is 3.67. The monoisotopic (exact) mass is 361 g/mol. The number of benzene rings is 2. The average molecular weight is 361 g/mol. The lowest BCUT2D eigenvalue weighted by molar-refractivity contribution is 0.415. The highest BCUT2D eigenvalue weighted by molar-refractivity contribution is 5.80. The number of aromatic nitrogens is 2. The van der Waals surface area contributed by atoms with Gasteiger partial charge in [-0.2, -0.15) is 5.26 Å². The number of nitriles is 1. The summed E-state index contributed by atoms with van der Waals surface area (Å²) in [6.07, 6.45) is 2.13. The first-order chi connectivity index (χ1) is 13.2. The third-order valence-corrected chi connectivity index (χ3v) is 5.10. The van der Waals surface area contributed by atoms with Crippen molar-refractivity contribution in [3.8, 4) is 11.8 Å². The molecule has 0 spiro atoms. The number of piperidine rings is 1. The van der Waals surface area contributed by atoms with Crippen molar-refractivity contribution in [2.24, 2.45) is 5.73 Å². The number of nitrogens with zero attached hydrogens (tertiary/aromatic N) is 4. The van der Waals surface area contributed by atoms with Crippen molar-refractivity contribution in [1.82, 2.24) is 9.55 Å². The van der Waals surface area contributed by atoms with Crippen molar-refractivity contribution >= 4 is 17.0 Å². The summed E-state index contributed by atoms with van der Waals surface area (Å²) in [4.78, 5) is 7.18. The second-order valence-corrected chi connectivity index (χ2v) is 7.01. The quantitative estimate of drug-likeness (QED) is 0.773. The molecule has 2 aromatic carbocycles.